The Kier molecular flexibility index (Phi) is 4.11. The molecule has 0 saturated heterocycles. The summed E-state index contributed by atoms with van der Waals surface area (Å²) < 4.78 is 7.24. The van der Waals surface area contributed by atoms with Gasteiger partial charge in [0.1, 0.15) is 5.52 Å². The maximum atomic E-state index is 6.19. The Morgan fingerprint density at radius 1 is 0.875 bits per heavy atom. The molecule has 3 aromatic rings. The van der Waals surface area contributed by atoms with Crippen molar-refractivity contribution in [2.45, 2.75) is 52.4 Å². The maximum absolute atomic E-state index is 6.19. The van der Waals surface area contributed by atoms with Crippen molar-refractivity contribution in [1.82, 2.24) is 4.98 Å². The normalized spacial score (nSPS) is 12.8. The van der Waals surface area contributed by atoms with E-state index in [2.05, 4.69) is 69.6 Å². The summed E-state index contributed by atoms with van der Waals surface area (Å²) in [7, 11) is 0. The molecule has 0 bridgehead atoms. The number of halogens is 1. The fourth-order valence-corrected chi connectivity index (χ4v) is 3.00. The first-order chi connectivity index (χ1) is 11.1. The Hall–Kier alpha value is -1.61. The zero-order valence-corrected chi connectivity index (χ0v) is 16.8. The number of hydrogen-bond donors (Lipinski definition) is 0. The van der Waals surface area contributed by atoms with E-state index in [9.17, 15) is 0 Å². The van der Waals surface area contributed by atoms with Crippen LogP contribution in [0.4, 0.5) is 0 Å². The molecule has 0 spiro atoms. The monoisotopic (exact) mass is 385 g/mol. The second-order valence-corrected chi connectivity index (χ2v) is 9.31. The molecule has 0 radical (unpaired) electrons. The van der Waals surface area contributed by atoms with Gasteiger partial charge in [0, 0.05) is 15.6 Å². The van der Waals surface area contributed by atoms with Gasteiger partial charge in [-0.25, -0.2) is 4.98 Å². The van der Waals surface area contributed by atoms with Crippen molar-refractivity contribution >= 4 is 27.0 Å². The molecule has 0 atom stereocenters. The zero-order chi connectivity index (χ0) is 17.7. The quantitative estimate of drug-likeness (QED) is 0.457. The smallest absolute Gasteiger partial charge is 0.227 e. The highest BCUT2D eigenvalue weighted by molar-refractivity contribution is 9.10. The summed E-state index contributed by atoms with van der Waals surface area (Å²) in [5.41, 5.74) is 5.39. The fourth-order valence-electron chi connectivity index (χ4n) is 2.74. The van der Waals surface area contributed by atoms with Crippen molar-refractivity contribution in [3.05, 3.63) is 52.0 Å². The van der Waals surface area contributed by atoms with Crippen LogP contribution in [-0.4, -0.2) is 4.98 Å². The van der Waals surface area contributed by atoms with E-state index in [0.29, 0.717) is 5.89 Å². The molecule has 126 valence electrons. The van der Waals surface area contributed by atoms with Crippen molar-refractivity contribution in [1.29, 1.82) is 0 Å². The fraction of sp³-hybridized carbons (Fsp3) is 0.381. The third kappa shape index (κ3) is 3.27. The summed E-state index contributed by atoms with van der Waals surface area (Å²) in [6.07, 6.45) is 0. The molecule has 0 saturated carbocycles. The predicted molar refractivity (Wildman–Crippen MR) is 105 cm³/mol. The Balaban J connectivity index is 2.26. The SMILES string of the molecule is CC(C)(C)c1cc(C(C)(C)C)c2oc(-c3ccc(Br)cc3)nc2c1. The van der Waals surface area contributed by atoms with Gasteiger partial charge >= 0.3 is 0 Å². The van der Waals surface area contributed by atoms with Gasteiger partial charge in [-0.05, 0) is 46.7 Å². The van der Waals surface area contributed by atoms with E-state index in [0.717, 1.165) is 21.1 Å². The minimum atomic E-state index is -0.00394. The van der Waals surface area contributed by atoms with E-state index in [1.807, 2.05) is 24.3 Å². The van der Waals surface area contributed by atoms with Crippen LogP contribution in [0.5, 0.6) is 0 Å². The summed E-state index contributed by atoms with van der Waals surface area (Å²) in [5.74, 6) is 0.675. The van der Waals surface area contributed by atoms with Crippen molar-refractivity contribution in [3.8, 4) is 11.5 Å². The molecule has 3 heteroatoms. The van der Waals surface area contributed by atoms with Crippen LogP contribution in [0.25, 0.3) is 22.6 Å². The van der Waals surface area contributed by atoms with Crippen molar-refractivity contribution in [3.63, 3.8) is 0 Å². The van der Waals surface area contributed by atoms with Gasteiger partial charge in [0.2, 0.25) is 5.89 Å². The third-order valence-corrected chi connectivity index (χ3v) is 4.78. The van der Waals surface area contributed by atoms with Crippen LogP contribution in [0.15, 0.2) is 45.3 Å². The average Bonchev–Trinajstić information content (AvgIpc) is 2.88. The van der Waals surface area contributed by atoms with Gasteiger partial charge in [-0.3, -0.25) is 0 Å². The number of nitrogens with zero attached hydrogens (tertiary/aromatic N) is 1. The van der Waals surface area contributed by atoms with Crippen molar-refractivity contribution in [2.75, 3.05) is 0 Å². The van der Waals surface area contributed by atoms with Gasteiger partial charge in [0.25, 0.3) is 0 Å². The molecule has 2 aromatic carbocycles. The summed E-state index contributed by atoms with van der Waals surface area (Å²) >= 11 is 3.47. The lowest BCUT2D eigenvalue weighted by Crippen LogP contribution is -2.16. The summed E-state index contributed by atoms with van der Waals surface area (Å²) in [6, 6.07) is 12.5. The molecular formula is C21H24BrNO. The molecule has 0 aliphatic heterocycles. The van der Waals surface area contributed by atoms with E-state index in [-0.39, 0.29) is 10.8 Å². The number of oxazole rings is 1. The van der Waals surface area contributed by atoms with E-state index in [1.165, 1.54) is 11.1 Å². The average molecular weight is 386 g/mol. The van der Waals surface area contributed by atoms with E-state index in [4.69, 9.17) is 9.40 Å². The topological polar surface area (TPSA) is 26.0 Å². The second kappa shape index (κ2) is 5.73. The third-order valence-electron chi connectivity index (χ3n) is 4.26. The van der Waals surface area contributed by atoms with Crippen molar-refractivity contribution < 1.29 is 4.42 Å². The van der Waals surface area contributed by atoms with Gasteiger partial charge in [0.05, 0.1) is 0 Å². The number of rotatable bonds is 1. The van der Waals surface area contributed by atoms with Gasteiger partial charge in [0.15, 0.2) is 5.58 Å². The van der Waals surface area contributed by atoms with E-state index >= 15 is 0 Å². The molecule has 3 rings (SSSR count). The molecule has 0 N–H and O–H groups in total. The second-order valence-electron chi connectivity index (χ2n) is 8.40. The molecular weight excluding hydrogens is 362 g/mol. The van der Waals surface area contributed by atoms with Gasteiger partial charge in [-0.2, -0.15) is 0 Å². The molecule has 0 amide bonds. The number of benzene rings is 2. The molecule has 1 heterocycles. The van der Waals surface area contributed by atoms with Gasteiger partial charge in [-0.15, -0.1) is 0 Å². The first-order valence-electron chi connectivity index (χ1n) is 8.27. The van der Waals surface area contributed by atoms with Crippen LogP contribution >= 0.6 is 15.9 Å². The first kappa shape index (κ1) is 17.2. The van der Waals surface area contributed by atoms with Crippen LogP contribution < -0.4 is 0 Å². The van der Waals surface area contributed by atoms with Crippen LogP contribution in [-0.2, 0) is 10.8 Å². The minimum absolute atomic E-state index is 0.00394. The highest BCUT2D eigenvalue weighted by Crippen LogP contribution is 2.37. The standard InChI is InChI=1S/C21H24BrNO/c1-20(2,3)14-11-16(21(4,5)6)18-17(12-14)23-19(24-18)13-7-9-15(22)10-8-13/h7-12H,1-6H3. The Morgan fingerprint density at radius 3 is 2.04 bits per heavy atom. The lowest BCUT2D eigenvalue weighted by molar-refractivity contribution is 0.552. The van der Waals surface area contributed by atoms with Crippen LogP contribution in [0.2, 0.25) is 0 Å². The maximum Gasteiger partial charge on any atom is 0.227 e. The summed E-state index contributed by atoms with van der Waals surface area (Å²) in [5, 5.41) is 0. The number of hydrogen-bond acceptors (Lipinski definition) is 2. The molecule has 0 unspecified atom stereocenters. The summed E-state index contributed by atoms with van der Waals surface area (Å²) in [6.45, 7) is 13.4. The Morgan fingerprint density at radius 2 is 1.50 bits per heavy atom. The first-order valence-corrected chi connectivity index (χ1v) is 9.06. The van der Waals surface area contributed by atoms with Crippen LogP contribution in [0.3, 0.4) is 0 Å². The number of fused-ring (bicyclic) bond motifs is 1. The minimum Gasteiger partial charge on any atom is -0.436 e. The molecule has 0 fully saturated rings. The predicted octanol–water partition coefficient (Wildman–Crippen LogP) is 6.85. The lowest BCUT2D eigenvalue weighted by Gasteiger charge is -2.24. The zero-order valence-electron chi connectivity index (χ0n) is 15.2. The molecule has 2 nitrogen and oxygen atoms in total. The van der Waals surface area contributed by atoms with E-state index in [1.54, 1.807) is 0 Å². The highest BCUT2D eigenvalue weighted by atomic mass is 79.9. The Labute approximate surface area is 152 Å². The Bertz CT molecular complexity index is 877. The van der Waals surface area contributed by atoms with Gasteiger partial charge < -0.3 is 4.42 Å². The molecule has 1 aromatic heterocycles. The molecule has 0 aliphatic rings. The van der Waals surface area contributed by atoms with Gasteiger partial charge in [-0.1, -0.05) is 63.5 Å². The summed E-state index contributed by atoms with van der Waals surface area (Å²) in [4.78, 5) is 4.78. The van der Waals surface area contributed by atoms with Crippen LogP contribution in [0, 0.1) is 0 Å². The largest absolute Gasteiger partial charge is 0.436 e. The van der Waals surface area contributed by atoms with E-state index < -0.39 is 0 Å². The highest BCUT2D eigenvalue weighted by Gasteiger charge is 2.25. The molecule has 0 aliphatic carbocycles. The van der Waals surface area contributed by atoms with Crippen LogP contribution in [0.1, 0.15) is 52.7 Å². The number of aromatic nitrogens is 1. The molecule has 24 heavy (non-hydrogen) atoms. The lowest BCUT2D eigenvalue weighted by atomic mass is 9.80. The van der Waals surface area contributed by atoms with Crippen molar-refractivity contribution in [2.24, 2.45) is 0 Å².